The lowest BCUT2D eigenvalue weighted by atomic mass is 9.68. The molecule has 1 N–H and O–H groups in total. The number of methoxy groups -OCH3 is 1. The number of nitrogens with one attached hydrogen (secondary N) is 1. The van der Waals surface area contributed by atoms with Crippen LogP contribution in [0.1, 0.15) is 83.0 Å². The molecule has 0 aromatic heterocycles. The Morgan fingerprint density at radius 1 is 1.33 bits per heavy atom. The molecule has 1 fully saturated rings. The minimum absolute atomic E-state index is 0.0378. The molecule has 166 valence electrons. The topological polar surface area (TPSA) is 41.6 Å². The van der Waals surface area contributed by atoms with E-state index >= 15 is 0 Å². The first-order valence-electron chi connectivity index (χ1n) is 11.3. The van der Waals surface area contributed by atoms with Crippen LogP contribution in [-0.4, -0.2) is 35.7 Å². The fourth-order valence-corrected chi connectivity index (χ4v) is 5.68. The van der Waals surface area contributed by atoms with Gasteiger partial charge in [0.1, 0.15) is 0 Å². The van der Waals surface area contributed by atoms with Crippen molar-refractivity contribution < 1.29 is 9.53 Å². The lowest BCUT2D eigenvalue weighted by Crippen LogP contribution is -2.48. The van der Waals surface area contributed by atoms with Gasteiger partial charge in [0, 0.05) is 13.2 Å². The molecule has 0 bridgehead atoms. The normalized spacial score (nSPS) is 26.0. The van der Waals surface area contributed by atoms with Crippen LogP contribution in [-0.2, 0) is 22.4 Å². The summed E-state index contributed by atoms with van der Waals surface area (Å²) in [5.74, 6) is 0. The Morgan fingerprint density at radius 3 is 2.53 bits per heavy atom. The van der Waals surface area contributed by atoms with Gasteiger partial charge in [0.2, 0.25) is 6.41 Å². The van der Waals surface area contributed by atoms with Crippen LogP contribution >= 0.6 is 12.2 Å². The molecule has 2 aliphatic rings. The van der Waals surface area contributed by atoms with Gasteiger partial charge in [-0.3, -0.25) is 9.69 Å². The van der Waals surface area contributed by atoms with E-state index in [1.165, 1.54) is 16.7 Å². The third-order valence-electron chi connectivity index (χ3n) is 6.84. The molecule has 2 aliphatic carbocycles. The predicted octanol–water partition coefficient (Wildman–Crippen LogP) is 5.19. The van der Waals surface area contributed by atoms with Gasteiger partial charge in [-0.2, -0.15) is 0 Å². The minimum atomic E-state index is 0.0378. The van der Waals surface area contributed by atoms with E-state index in [0.29, 0.717) is 11.2 Å². The summed E-state index contributed by atoms with van der Waals surface area (Å²) in [5.41, 5.74) is 4.53. The number of hydrogen-bond acceptors (Lipinski definition) is 3. The highest BCUT2D eigenvalue weighted by Crippen LogP contribution is 2.54. The molecule has 1 unspecified atom stereocenters. The van der Waals surface area contributed by atoms with Crippen molar-refractivity contribution in [2.24, 2.45) is 10.8 Å². The van der Waals surface area contributed by atoms with Gasteiger partial charge in [-0.05, 0) is 92.1 Å². The molecule has 30 heavy (non-hydrogen) atoms. The van der Waals surface area contributed by atoms with Crippen molar-refractivity contribution in [3.05, 3.63) is 34.9 Å². The van der Waals surface area contributed by atoms with Gasteiger partial charge in [-0.25, -0.2) is 0 Å². The van der Waals surface area contributed by atoms with Crippen molar-refractivity contribution in [2.45, 2.75) is 91.3 Å². The smallest absolute Gasteiger partial charge is 0.216 e. The number of carbonyl (C=O) groups excluding carboxylic acids is 1. The lowest BCUT2D eigenvalue weighted by molar-refractivity contribution is -0.115. The highest BCUT2D eigenvalue weighted by Gasteiger charge is 2.48. The molecule has 0 radical (unpaired) electrons. The van der Waals surface area contributed by atoms with Crippen LogP contribution in [0.3, 0.4) is 0 Å². The standard InChI is InChI=1S/C25H38N2O2S/c1-17(2)27(16-28)23(30)26-22-21-13-18(14-24(3,4)5)7-8-19(21)15-25(22)11-9-20(29-6)10-12-25/h7-8,13,16-17,20,22H,9-12,14-15H2,1-6H3,(H,26,30). The van der Waals surface area contributed by atoms with Gasteiger partial charge in [-0.15, -0.1) is 0 Å². The van der Waals surface area contributed by atoms with Crippen LogP contribution in [0.5, 0.6) is 0 Å². The van der Waals surface area contributed by atoms with Crippen LogP contribution in [0.25, 0.3) is 0 Å². The fraction of sp³-hybridized carbons (Fsp3) is 0.680. The maximum atomic E-state index is 11.6. The molecule has 0 aliphatic heterocycles. The van der Waals surface area contributed by atoms with Gasteiger partial charge < -0.3 is 10.1 Å². The summed E-state index contributed by atoms with van der Waals surface area (Å²) in [4.78, 5) is 13.3. The van der Waals surface area contributed by atoms with Crippen molar-refractivity contribution >= 4 is 23.7 Å². The average Bonchev–Trinajstić information content (AvgIpc) is 2.94. The number of hydrogen-bond donors (Lipinski definition) is 1. The van der Waals surface area contributed by atoms with Gasteiger partial charge in [0.25, 0.3) is 0 Å². The van der Waals surface area contributed by atoms with Crippen molar-refractivity contribution in [2.75, 3.05) is 7.11 Å². The van der Waals surface area contributed by atoms with E-state index in [2.05, 4.69) is 44.3 Å². The van der Waals surface area contributed by atoms with Gasteiger partial charge in [0.05, 0.1) is 12.1 Å². The maximum absolute atomic E-state index is 11.6. The van der Waals surface area contributed by atoms with Crippen LogP contribution in [0.2, 0.25) is 0 Å². The Labute approximate surface area is 187 Å². The van der Waals surface area contributed by atoms with Crippen molar-refractivity contribution in [1.29, 1.82) is 0 Å². The highest BCUT2D eigenvalue weighted by atomic mass is 32.1. The lowest BCUT2D eigenvalue weighted by Gasteiger charge is -2.43. The average molecular weight is 431 g/mol. The Hall–Kier alpha value is -1.46. The second-order valence-corrected chi connectivity index (χ2v) is 11.1. The summed E-state index contributed by atoms with van der Waals surface area (Å²) >= 11 is 5.69. The maximum Gasteiger partial charge on any atom is 0.216 e. The number of ether oxygens (including phenoxy) is 1. The molecule has 0 saturated heterocycles. The van der Waals surface area contributed by atoms with E-state index < -0.39 is 0 Å². The van der Waals surface area contributed by atoms with Crippen LogP contribution < -0.4 is 5.32 Å². The number of nitrogens with zero attached hydrogens (tertiary/aromatic N) is 1. The van der Waals surface area contributed by atoms with Crippen LogP contribution in [0.4, 0.5) is 0 Å². The van der Waals surface area contributed by atoms with Gasteiger partial charge >= 0.3 is 0 Å². The van der Waals surface area contributed by atoms with E-state index in [-0.39, 0.29) is 22.9 Å². The second-order valence-electron chi connectivity index (χ2n) is 10.7. The molecule has 4 nitrogen and oxygen atoms in total. The Bertz CT molecular complexity index is 776. The number of thiocarbonyl (C=S) groups is 1. The molecule has 1 aromatic carbocycles. The van der Waals surface area contributed by atoms with E-state index in [9.17, 15) is 4.79 Å². The quantitative estimate of drug-likeness (QED) is 0.516. The Kier molecular flexibility index (Phi) is 6.93. The third-order valence-corrected chi connectivity index (χ3v) is 7.17. The summed E-state index contributed by atoms with van der Waals surface area (Å²) in [6.45, 7) is 10.8. The molecule has 1 atom stereocenters. The first-order chi connectivity index (χ1) is 14.1. The van der Waals surface area contributed by atoms with Gasteiger partial charge in [0.15, 0.2) is 5.11 Å². The van der Waals surface area contributed by atoms with E-state index in [4.69, 9.17) is 17.0 Å². The molecule has 0 heterocycles. The number of rotatable bonds is 5. The molecule has 1 aromatic rings. The zero-order valence-corrected chi connectivity index (χ0v) is 20.3. The first-order valence-corrected chi connectivity index (χ1v) is 11.7. The molecule has 1 amide bonds. The summed E-state index contributed by atoms with van der Waals surface area (Å²) in [6.07, 6.45) is 7.68. The third kappa shape index (κ3) is 4.88. The van der Waals surface area contributed by atoms with Crippen molar-refractivity contribution in [1.82, 2.24) is 10.2 Å². The van der Waals surface area contributed by atoms with Crippen molar-refractivity contribution in [3.8, 4) is 0 Å². The van der Waals surface area contributed by atoms with Crippen LogP contribution in [0.15, 0.2) is 18.2 Å². The minimum Gasteiger partial charge on any atom is -0.381 e. The number of benzene rings is 1. The van der Waals surface area contributed by atoms with Crippen LogP contribution in [0, 0.1) is 10.8 Å². The Morgan fingerprint density at radius 2 is 2.00 bits per heavy atom. The number of carbonyl (C=O) groups is 1. The summed E-state index contributed by atoms with van der Waals surface area (Å²) in [7, 11) is 1.82. The summed E-state index contributed by atoms with van der Waals surface area (Å²) < 4.78 is 5.65. The number of amides is 1. The largest absolute Gasteiger partial charge is 0.381 e. The Balaban J connectivity index is 1.94. The van der Waals surface area contributed by atoms with E-state index in [0.717, 1.165) is 44.9 Å². The molecule has 5 heteroatoms. The molecular weight excluding hydrogens is 392 g/mol. The summed E-state index contributed by atoms with van der Waals surface area (Å²) in [5, 5.41) is 4.17. The molecular formula is C25H38N2O2S. The highest BCUT2D eigenvalue weighted by molar-refractivity contribution is 7.80. The molecule has 1 spiro atoms. The first kappa shape index (κ1) is 23.2. The van der Waals surface area contributed by atoms with E-state index in [1.807, 2.05) is 21.0 Å². The fourth-order valence-electron chi connectivity index (χ4n) is 5.31. The van der Waals surface area contributed by atoms with Gasteiger partial charge in [-0.1, -0.05) is 39.0 Å². The molecule has 3 rings (SSSR count). The monoisotopic (exact) mass is 430 g/mol. The second kappa shape index (κ2) is 8.96. The molecule has 1 saturated carbocycles. The zero-order chi connectivity index (χ0) is 22.1. The SMILES string of the molecule is COC1CCC2(CC1)Cc1ccc(CC(C)(C)C)cc1C2NC(=S)N(C=O)C(C)C. The van der Waals surface area contributed by atoms with E-state index in [1.54, 1.807) is 4.90 Å². The predicted molar refractivity (Wildman–Crippen MR) is 127 cm³/mol. The summed E-state index contributed by atoms with van der Waals surface area (Å²) in [6, 6.07) is 7.18. The number of fused-ring (bicyclic) bond motifs is 1. The zero-order valence-electron chi connectivity index (χ0n) is 19.5. The van der Waals surface area contributed by atoms with Crippen molar-refractivity contribution in [3.63, 3.8) is 0 Å².